The molecule has 0 aliphatic carbocycles. The zero-order chi connectivity index (χ0) is 23.2. The summed E-state index contributed by atoms with van der Waals surface area (Å²) in [6.45, 7) is 2.24. The SMILES string of the molecule is Cc1ccc(NC(=O)Cc2nc(COc3ccc(C(=O)c4ccc(F)cc4)cc3)cs2)cc1. The Labute approximate surface area is 194 Å². The Balaban J connectivity index is 1.29. The van der Waals surface area contributed by atoms with Gasteiger partial charge in [0.15, 0.2) is 5.78 Å². The van der Waals surface area contributed by atoms with E-state index in [-0.39, 0.29) is 30.5 Å². The van der Waals surface area contributed by atoms with E-state index in [1.54, 1.807) is 24.3 Å². The summed E-state index contributed by atoms with van der Waals surface area (Å²) in [5.74, 6) is -0.0959. The first-order valence-corrected chi connectivity index (χ1v) is 11.2. The Morgan fingerprint density at radius 1 is 0.939 bits per heavy atom. The molecule has 0 unspecified atom stereocenters. The van der Waals surface area contributed by atoms with Crippen molar-refractivity contribution >= 4 is 28.7 Å². The number of ketones is 1. The van der Waals surface area contributed by atoms with Crippen molar-refractivity contribution in [3.05, 3.63) is 111 Å². The van der Waals surface area contributed by atoms with Crippen LogP contribution in [0.15, 0.2) is 78.2 Å². The molecule has 0 saturated carbocycles. The molecular formula is C26H21FN2O3S. The van der Waals surface area contributed by atoms with Gasteiger partial charge >= 0.3 is 0 Å². The summed E-state index contributed by atoms with van der Waals surface area (Å²) in [6.07, 6.45) is 0.193. The molecule has 7 heteroatoms. The lowest BCUT2D eigenvalue weighted by atomic mass is 10.0. The maximum atomic E-state index is 13.0. The number of carbonyl (C=O) groups excluding carboxylic acids is 2. The van der Waals surface area contributed by atoms with Crippen LogP contribution >= 0.6 is 11.3 Å². The number of nitrogens with one attached hydrogen (secondary N) is 1. The molecule has 0 fully saturated rings. The average molecular weight is 461 g/mol. The van der Waals surface area contributed by atoms with Crippen LogP contribution < -0.4 is 10.1 Å². The lowest BCUT2D eigenvalue weighted by Crippen LogP contribution is -2.14. The third-order valence-corrected chi connectivity index (χ3v) is 5.75. The molecule has 1 aromatic heterocycles. The largest absolute Gasteiger partial charge is 0.487 e. The first-order chi connectivity index (χ1) is 16.0. The van der Waals surface area contributed by atoms with Gasteiger partial charge in [0, 0.05) is 22.2 Å². The first-order valence-electron chi connectivity index (χ1n) is 10.3. The fraction of sp³-hybridized carbons (Fsp3) is 0.115. The Bertz CT molecular complexity index is 1250. The summed E-state index contributed by atoms with van der Waals surface area (Å²) in [5, 5.41) is 5.43. The van der Waals surface area contributed by atoms with E-state index < -0.39 is 0 Å². The van der Waals surface area contributed by atoms with Gasteiger partial charge in [0.2, 0.25) is 5.91 Å². The number of anilines is 1. The maximum Gasteiger partial charge on any atom is 0.231 e. The van der Waals surface area contributed by atoms with Gasteiger partial charge in [-0.25, -0.2) is 9.37 Å². The number of thiazole rings is 1. The molecule has 1 heterocycles. The monoisotopic (exact) mass is 460 g/mol. The molecule has 166 valence electrons. The smallest absolute Gasteiger partial charge is 0.231 e. The Morgan fingerprint density at radius 3 is 2.24 bits per heavy atom. The first kappa shape index (κ1) is 22.4. The maximum absolute atomic E-state index is 13.0. The summed E-state index contributed by atoms with van der Waals surface area (Å²) in [6, 6.07) is 19.8. The molecular weight excluding hydrogens is 439 g/mol. The van der Waals surface area contributed by atoms with Crippen molar-refractivity contribution < 1.29 is 18.7 Å². The number of hydrogen-bond donors (Lipinski definition) is 1. The molecule has 0 aliphatic heterocycles. The number of benzene rings is 3. The molecule has 0 bridgehead atoms. The van der Waals surface area contributed by atoms with Gasteiger partial charge in [-0.3, -0.25) is 9.59 Å². The zero-order valence-electron chi connectivity index (χ0n) is 17.9. The minimum absolute atomic E-state index is 0.123. The molecule has 4 rings (SSSR count). The van der Waals surface area contributed by atoms with E-state index in [0.29, 0.717) is 21.9 Å². The van der Waals surface area contributed by atoms with Crippen LogP contribution in [-0.2, 0) is 17.8 Å². The fourth-order valence-corrected chi connectivity index (χ4v) is 3.88. The molecule has 5 nitrogen and oxygen atoms in total. The van der Waals surface area contributed by atoms with Crippen molar-refractivity contribution in [3.8, 4) is 5.75 Å². The third kappa shape index (κ3) is 6.11. The number of aryl methyl sites for hydroxylation is 1. The number of ether oxygens (including phenoxy) is 1. The molecule has 3 aromatic carbocycles. The van der Waals surface area contributed by atoms with Crippen molar-refractivity contribution in [2.45, 2.75) is 20.0 Å². The predicted octanol–water partition coefficient (Wildman–Crippen LogP) is 5.58. The molecule has 1 amide bonds. The number of halogens is 1. The standard InChI is InChI=1S/C26H21FN2O3S/c1-17-2-10-21(11-3-17)28-24(30)14-25-29-22(16-33-25)15-32-23-12-6-19(7-13-23)26(31)18-4-8-20(27)9-5-18/h2-13,16H,14-15H2,1H3,(H,28,30). The molecule has 0 saturated heterocycles. The van der Waals surface area contributed by atoms with Crippen LogP contribution in [0.1, 0.15) is 32.2 Å². The molecule has 0 aliphatic rings. The van der Waals surface area contributed by atoms with Gasteiger partial charge in [-0.2, -0.15) is 0 Å². The van der Waals surface area contributed by atoms with Crippen molar-refractivity contribution in [3.63, 3.8) is 0 Å². The highest BCUT2D eigenvalue weighted by molar-refractivity contribution is 7.09. The van der Waals surface area contributed by atoms with E-state index in [2.05, 4.69) is 10.3 Å². The van der Waals surface area contributed by atoms with Crippen LogP contribution in [0.5, 0.6) is 5.75 Å². The number of amides is 1. The minimum atomic E-state index is -0.382. The van der Waals surface area contributed by atoms with Gasteiger partial charge < -0.3 is 10.1 Å². The van der Waals surface area contributed by atoms with Gasteiger partial charge in [-0.05, 0) is 67.6 Å². The summed E-state index contributed by atoms with van der Waals surface area (Å²) in [4.78, 5) is 29.2. The second kappa shape index (κ2) is 10.2. The second-order valence-corrected chi connectivity index (χ2v) is 8.42. The van der Waals surface area contributed by atoms with Gasteiger partial charge in [0.25, 0.3) is 0 Å². The fourth-order valence-electron chi connectivity index (χ4n) is 3.10. The highest BCUT2D eigenvalue weighted by atomic mass is 32.1. The molecule has 33 heavy (non-hydrogen) atoms. The van der Waals surface area contributed by atoms with E-state index in [4.69, 9.17) is 4.74 Å². The van der Waals surface area contributed by atoms with Gasteiger partial charge in [-0.15, -0.1) is 11.3 Å². The number of rotatable bonds is 8. The minimum Gasteiger partial charge on any atom is -0.487 e. The lowest BCUT2D eigenvalue weighted by Gasteiger charge is -2.06. The molecule has 4 aromatic rings. The number of aromatic nitrogens is 1. The molecule has 1 N–H and O–H groups in total. The average Bonchev–Trinajstić information content (AvgIpc) is 3.26. The van der Waals surface area contributed by atoms with E-state index >= 15 is 0 Å². The van der Waals surface area contributed by atoms with E-state index in [9.17, 15) is 14.0 Å². The van der Waals surface area contributed by atoms with Crippen molar-refractivity contribution in [2.24, 2.45) is 0 Å². The van der Waals surface area contributed by atoms with Crippen molar-refractivity contribution in [2.75, 3.05) is 5.32 Å². The van der Waals surface area contributed by atoms with Crippen molar-refractivity contribution in [1.82, 2.24) is 4.98 Å². The summed E-state index contributed by atoms with van der Waals surface area (Å²) >= 11 is 1.41. The van der Waals surface area contributed by atoms with Crippen LogP contribution in [0.25, 0.3) is 0 Å². The lowest BCUT2D eigenvalue weighted by molar-refractivity contribution is -0.115. The van der Waals surface area contributed by atoms with Crippen LogP contribution in [0.4, 0.5) is 10.1 Å². The highest BCUT2D eigenvalue weighted by Gasteiger charge is 2.11. The van der Waals surface area contributed by atoms with Gasteiger partial charge in [0.1, 0.15) is 23.2 Å². The molecule has 0 radical (unpaired) electrons. The third-order valence-electron chi connectivity index (χ3n) is 4.86. The summed E-state index contributed by atoms with van der Waals surface area (Å²) < 4.78 is 18.8. The van der Waals surface area contributed by atoms with Crippen LogP contribution in [0.3, 0.4) is 0 Å². The quantitative estimate of drug-likeness (QED) is 0.349. The van der Waals surface area contributed by atoms with Crippen LogP contribution in [0, 0.1) is 12.7 Å². The van der Waals surface area contributed by atoms with Gasteiger partial charge in [-0.1, -0.05) is 17.7 Å². The number of carbonyl (C=O) groups is 2. The predicted molar refractivity (Wildman–Crippen MR) is 126 cm³/mol. The number of hydrogen-bond acceptors (Lipinski definition) is 5. The molecule has 0 spiro atoms. The van der Waals surface area contributed by atoms with Crippen LogP contribution in [-0.4, -0.2) is 16.7 Å². The summed E-state index contributed by atoms with van der Waals surface area (Å²) in [7, 11) is 0. The highest BCUT2D eigenvalue weighted by Crippen LogP contribution is 2.19. The molecule has 0 atom stereocenters. The van der Waals surface area contributed by atoms with E-state index in [1.807, 2.05) is 36.6 Å². The Kier molecular flexibility index (Phi) is 6.90. The van der Waals surface area contributed by atoms with E-state index in [1.165, 1.54) is 35.6 Å². The number of nitrogens with zero attached hydrogens (tertiary/aromatic N) is 1. The topological polar surface area (TPSA) is 68.3 Å². The normalized spacial score (nSPS) is 10.6. The Morgan fingerprint density at radius 2 is 1.58 bits per heavy atom. The van der Waals surface area contributed by atoms with Crippen LogP contribution in [0.2, 0.25) is 0 Å². The summed E-state index contributed by atoms with van der Waals surface area (Å²) in [5.41, 5.74) is 3.53. The van der Waals surface area contributed by atoms with Gasteiger partial charge in [0.05, 0.1) is 12.1 Å². The Hall–Kier alpha value is -3.84. The van der Waals surface area contributed by atoms with Crippen molar-refractivity contribution in [1.29, 1.82) is 0 Å². The second-order valence-electron chi connectivity index (χ2n) is 7.47. The van der Waals surface area contributed by atoms with E-state index in [0.717, 1.165) is 16.9 Å². The zero-order valence-corrected chi connectivity index (χ0v) is 18.7.